The van der Waals surface area contributed by atoms with Crippen molar-refractivity contribution in [3.8, 4) is 0 Å². The van der Waals surface area contributed by atoms with Gasteiger partial charge in [-0.1, -0.05) is 11.6 Å². The number of hydrogen-bond acceptors (Lipinski definition) is 4. The minimum atomic E-state index is -3.95. The first-order valence-electron chi connectivity index (χ1n) is 5.74. The molecular weight excluding hydrogens is 387 g/mol. The Bertz CT molecular complexity index is 741. The van der Waals surface area contributed by atoms with E-state index < -0.39 is 15.8 Å². The van der Waals surface area contributed by atoms with Gasteiger partial charge in [0.2, 0.25) is 5.09 Å². The van der Waals surface area contributed by atoms with Crippen LogP contribution in [0.4, 0.5) is 10.1 Å². The van der Waals surface area contributed by atoms with E-state index in [0.29, 0.717) is 12.3 Å². The van der Waals surface area contributed by atoms with Crippen LogP contribution < -0.4 is 10.0 Å². The van der Waals surface area contributed by atoms with Gasteiger partial charge < -0.3 is 9.73 Å². The second-order valence-electron chi connectivity index (χ2n) is 4.10. The second-order valence-corrected chi connectivity index (χ2v) is 6.98. The van der Waals surface area contributed by atoms with Gasteiger partial charge in [-0.25, -0.2) is 4.39 Å². The van der Waals surface area contributed by atoms with Gasteiger partial charge in [-0.05, 0) is 47.2 Å². The van der Waals surface area contributed by atoms with Crippen LogP contribution in [0.25, 0.3) is 0 Å². The van der Waals surface area contributed by atoms with Crippen LogP contribution in [0.15, 0.2) is 38.2 Å². The van der Waals surface area contributed by atoms with Gasteiger partial charge >= 0.3 is 0 Å². The van der Waals surface area contributed by atoms with Crippen molar-refractivity contribution in [1.29, 1.82) is 0 Å². The van der Waals surface area contributed by atoms with E-state index in [1.807, 2.05) is 0 Å². The maximum absolute atomic E-state index is 13.1. The first-order valence-corrected chi connectivity index (χ1v) is 8.39. The van der Waals surface area contributed by atoms with Crippen LogP contribution in [0.5, 0.6) is 0 Å². The zero-order valence-corrected chi connectivity index (χ0v) is 13.9. The summed E-state index contributed by atoms with van der Waals surface area (Å²) in [4.78, 5) is 0. The number of halogens is 3. The van der Waals surface area contributed by atoms with Crippen LogP contribution in [0, 0.1) is 5.82 Å². The van der Waals surface area contributed by atoms with Crippen molar-refractivity contribution in [2.24, 2.45) is 0 Å². The molecule has 0 radical (unpaired) electrons. The maximum atomic E-state index is 13.1. The van der Waals surface area contributed by atoms with Gasteiger partial charge in [0.15, 0.2) is 0 Å². The molecule has 0 saturated carbocycles. The minimum Gasteiger partial charge on any atom is -0.446 e. The van der Waals surface area contributed by atoms with Crippen molar-refractivity contribution in [2.75, 3.05) is 11.8 Å². The second kappa shape index (κ2) is 6.35. The molecule has 9 heteroatoms. The van der Waals surface area contributed by atoms with Gasteiger partial charge in [0, 0.05) is 4.47 Å². The third kappa shape index (κ3) is 3.76. The third-order valence-electron chi connectivity index (χ3n) is 2.50. The van der Waals surface area contributed by atoms with Crippen molar-refractivity contribution < 1.29 is 17.2 Å². The lowest BCUT2D eigenvalue weighted by Gasteiger charge is -2.10. The highest BCUT2D eigenvalue weighted by Crippen LogP contribution is 2.33. The van der Waals surface area contributed by atoms with Crippen LogP contribution in [0.2, 0.25) is 5.02 Å². The van der Waals surface area contributed by atoms with Crippen molar-refractivity contribution in [3.63, 3.8) is 0 Å². The summed E-state index contributed by atoms with van der Waals surface area (Å²) in [5.74, 6) is -0.105. The van der Waals surface area contributed by atoms with E-state index in [2.05, 4.69) is 26.0 Å². The van der Waals surface area contributed by atoms with E-state index in [9.17, 15) is 12.8 Å². The topological polar surface area (TPSA) is 71.3 Å². The van der Waals surface area contributed by atoms with Crippen LogP contribution in [0.1, 0.15) is 5.76 Å². The molecule has 0 spiro atoms. The molecule has 1 aromatic heterocycles. The smallest absolute Gasteiger partial charge is 0.295 e. The number of furan rings is 1. The number of sulfonamides is 1. The molecule has 0 aliphatic heterocycles. The summed E-state index contributed by atoms with van der Waals surface area (Å²) in [5, 5.41) is 2.53. The summed E-state index contributed by atoms with van der Waals surface area (Å²) in [5.41, 5.74) is 0.0460. The lowest BCUT2D eigenvalue weighted by molar-refractivity contribution is 0.408. The molecule has 2 aromatic rings. The van der Waals surface area contributed by atoms with Crippen molar-refractivity contribution >= 4 is 43.2 Å². The predicted octanol–water partition coefficient (Wildman–Crippen LogP) is 3.35. The first-order chi connectivity index (χ1) is 9.83. The minimum absolute atomic E-state index is 0.0460. The van der Waals surface area contributed by atoms with E-state index >= 15 is 0 Å². The Hall–Kier alpha value is -1.09. The van der Waals surface area contributed by atoms with Crippen LogP contribution in [-0.4, -0.2) is 15.5 Å². The molecule has 2 N–H and O–H groups in total. The number of hydrogen-bond donors (Lipinski definition) is 2. The molecule has 0 bridgehead atoms. The fraction of sp³-hybridized carbons (Fsp3) is 0.167. The molecule has 0 aliphatic carbocycles. The van der Waals surface area contributed by atoms with E-state index in [0.717, 1.165) is 12.1 Å². The third-order valence-corrected chi connectivity index (χ3v) is 4.64. The highest BCUT2D eigenvalue weighted by atomic mass is 79.9. The first kappa shape index (κ1) is 16.3. The molecule has 0 aliphatic rings. The molecule has 0 unspecified atom stereocenters. The Balaban J connectivity index is 2.33. The molecule has 2 rings (SSSR count). The standard InChI is InChI=1S/C12H11BrClFN2O3S/c1-16-6-8-2-3-11(20-8)21(18,19)17-12-9(13)4-7(15)5-10(12)14/h2-5,16-17H,6H2,1H3. The maximum Gasteiger partial charge on any atom is 0.295 e. The van der Waals surface area contributed by atoms with E-state index in [1.165, 1.54) is 6.07 Å². The number of anilines is 1. The molecule has 0 fully saturated rings. The van der Waals surface area contributed by atoms with E-state index in [1.54, 1.807) is 13.1 Å². The summed E-state index contributed by atoms with van der Waals surface area (Å²) in [6.45, 7) is 0.399. The quantitative estimate of drug-likeness (QED) is 0.811. The van der Waals surface area contributed by atoms with Gasteiger partial charge in [0.1, 0.15) is 11.6 Å². The van der Waals surface area contributed by atoms with Crippen LogP contribution in [-0.2, 0) is 16.6 Å². The van der Waals surface area contributed by atoms with Gasteiger partial charge in [-0.15, -0.1) is 0 Å². The van der Waals surface area contributed by atoms with Crippen molar-refractivity contribution in [1.82, 2.24) is 5.32 Å². The van der Waals surface area contributed by atoms with E-state index in [-0.39, 0.29) is 20.3 Å². The van der Waals surface area contributed by atoms with Crippen LogP contribution >= 0.6 is 27.5 Å². The molecule has 21 heavy (non-hydrogen) atoms. The molecular formula is C12H11BrClFN2O3S. The SMILES string of the molecule is CNCc1ccc(S(=O)(=O)Nc2c(Cl)cc(F)cc2Br)o1. The largest absolute Gasteiger partial charge is 0.446 e. The molecule has 1 heterocycles. The van der Waals surface area contributed by atoms with Crippen molar-refractivity contribution in [3.05, 3.63) is 45.3 Å². The molecule has 1 aromatic carbocycles. The fourth-order valence-electron chi connectivity index (χ4n) is 1.60. The lowest BCUT2D eigenvalue weighted by Crippen LogP contribution is -2.13. The van der Waals surface area contributed by atoms with Crippen molar-refractivity contribution in [2.45, 2.75) is 11.6 Å². The van der Waals surface area contributed by atoms with Gasteiger partial charge in [-0.3, -0.25) is 4.72 Å². The number of rotatable bonds is 5. The molecule has 0 amide bonds. The Morgan fingerprint density at radius 1 is 1.38 bits per heavy atom. The Kier molecular flexibility index (Phi) is 4.92. The Labute approximate surface area is 134 Å². The highest BCUT2D eigenvalue weighted by molar-refractivity contribution is 9.10. The number of benzene rings is 1. The number of nitrogens with one attached hydrogen (secondary N) is 2. The predicted molar refractivity (Wildman–Crippen MR) is 81.4 cm³/mol. The zero-order valence-electron chi connectivity index (χ0n) is 10.8. The molecule has 0 saturated heterocycles. The Morgan fingerprint density at radius 3 is 2.71 bits per heavy atom. The zero-order chi connectivity index (χ0) is 15.6. The monoisotopic (exact) mass is 396 g/mol. The molecule has 5 nitrogen and oxygen atoms in total. The average molecular weight is 398 g/mol. The average Bonchev–Trinajstić information content (AvgIpc) is 2.84. The lowest BCUT2D eigenvalue weighted by atomic mass is 10.3. The summed E-state index contributed by atoms with van der Waals surface area (Å²) < 4.78 is 45.2. The molecule has 0 atom stereocenters. The van der Waals surface area contributed by atoms with Gasteiger partial charge in [-0.2, -0.15) is 8.42 Å². The normalized spacial score (nSPS) is 11.6. The van der Waals surface area contributed by atoms with E-state index in [4.69, 9.17) is 16.0 Å². The highest BCUT2D eigenvalue weighted by Gasteiger charge is 2.22. The summed E-state index contributed by atoms with van der Waals surface area (Å²) in [6, 6.07) is 5.00. The molecule has 114 valence electrons. The Morgan fingerprint density at radius 2 is 2.10 bits per heavy atom. The van der Waals surface area contributed by atoms with Crippen LogP contribution in [0.3, 0.4) is 0 Å². The summed E-state index contributed by atoms with van der Waals surface area (Å²) in [6.07, 6.45) is 0. The summed E-state index contributed by atoms with van der Waals surface area (Å²) in [7, 11) is -2.24. The fourth-order valence-corrected chi connectivity index (χ4v) is 3.74. The summed E-state index contributed by atoms with van der Waals surface area (Å²) >= 11 is 8.91. The van der Waals surface area contributed by atoms with Gasteiger partial charge in [0.05, 0.1) is 17.3 Å². The van der Waals surface area contributed by atoms with Gasteiger partial charge in [0.25, 0.3) is 10.0 Å².